The van der Waals surface area contributed by atoms with Gasteiger partial charge in [0.2, 0.25) is 0 Å². The molecule has 1 saturated carbocycles. The van der Waals surface area contributed by atoms with Gasteiger partial charge in [0.05, 0.1) is 0 Å². The summed E-state index contributed by atoms with van der Waals surface area (Å²) in [7, 11) is 0. The molecule has 1 N–H and O–H groups in total. The fourth-order valence-corrected chi connectivity index (χ4v) is 2.30. The van der Waals surface area contributed by atoms with Gasteiger partial charge in [0.15, 0.2) is 5.11 Å². The van der Waals surface area contributed by atoms with Gasteiger partial charge in [0, 0.05) is 11.6 Å². The van der Waals surface area contributed by atoms with Crippen molar-refractivity contribution < 1.29 is 9.18 Å². The Bertz CT molecular complexity index is 566. The van der Waals surface area contributed by atoms with E-state index in [-0.39, 0.29) is 17.8 Å². The molecular weight excluding hydrogens is 251 g/mol. The number of benzene rings is 1. The molecule has 0 atom stereocenters. The van der Waals surface area contributed by atoms with Crippen LogP contribution in [-0.2, 0) is 4.79 Å². The molecule has 1 amide bonds. The van der Waals surface area contributed by atoms with Crippen LogP contribution in [0.2, 0.25) is 0 Å². The first-order valence-corrected chi connectivity index (χ1v) is 6.18. The maximum absolute atomic E-state index is 13.5. The maximum atomic E-state index is 13.5. The molecule has 1 saturated heterocycles. The van der Waals surface area contributed by atoms with Crippen LogP contribution < -0.4 is 5.32 Å². The number of hydrogen-bond donors (Lipinski definition) is 1. The molecule has 2 aliphatic rings. The molecule has 1 heterocycles. The number of amides is 1. The Hall–Kier alpha value is -1.75. The fourth-order valence-electron chi connectivity index (χ4n) is 1.96. The number of carbonyl (C=O) groups excluding carboxylic acids is 1. The first-order valence-electron chi connectivity index (χ1n) is 5.77. The number of thiocarbonyl (C=S) groups is 1. The number of rotatable bonds is 2. The minimum atomic E-state index is -0.351. The standard InChI is InChI=1S/C13H11FN2OS/c14-10-4-2-1-3-8(10)7-11-12(17)16(9-5-6-9)13(18)15-11/h1-4,7,9H,5-6H2,(H,15,18)/b11-7+. The van der Waals surface area contributed by atoms with Crippen LogP contribution in [0, 0.1) is 5.82 Å². The van der Waals surface area contributed by atoms with Crippen molar-refractivity contribution in [2.75, 3.05) is 0 Å². The molecule has 1 aromatic carbocycles. The van der Waals surface area contributed by atoms with Crippen LogP contribution in [0.1, 0.15) is 18.4 Å². The molecule has 1 aliphatic carbocycles. The zero-order chi connectivity index (χ0) is 12.7. The molecule has 18 heavy (non-hydrogen) atoms. The van der Waals surface area contributed by atoms with Gasteiger partial charge in [-0.2, -0.15) is 0 Å². The topological polar surface area (TPSA) is 32.3 Å². The van der Waals surface area contributed by atoms with E-state index in [0.717, 1.165) is 12.8 Å². The molecule has 3 rings (SSSR count). The Morgan fingerprint density at radius 1 is 1.39 bits per heavy atom. The molecule has 1 aliphatic heterocycles. The third-order valence-electron chi connectivity index (χ3n) is 3.03. The van der Waals surface area contributed by atoms with Gasteiger partial charge in [-0.05, 0) is 37.2 Å². The van der Waals surface area contributed by atoms with Crippen LogP contribution >= 0.6 is 12.2 Å². The van der Waals surface area contributed by atoms with Gasteiger partial charge >= 0.3 is 0 Å². The lowest BCUT2D eigenvalue weighted by molar-refractivity contribution is -0.122. The third-order valence-corrected chi connectivity index (χ3v) is 3.33. The van der Waals surface area contributed by atoms with Crippen molar-refractivity contribution in [2.45, 2.75) is 18.9 Å². The van der Waals surface area contributed by atoms with Crippen molar-refractivity contribution in [3.63, 3.8) is 0 Å². The van der Waals surface area contributed by atoms with Crippen molar-refractivity contribution in [1.82, 2.24) is 10.2 Å². The SMILES string of the molecule is O=C1/C(=C\c2ccccc2F)NC(=S)N1C1CC1. The number of hydrogen-bond acceptors (Lipinski definition) is 2. The third kappa shape index (κ3) is 1.90. The van der Waals surface area contributed by atoms with Gasteiger partial charge in [0.25, 0.3) is 5.91 Å². The Kier molecular flexibility index (Phi) is 2.63. The van der Waals surface area contributed by atoms with Crippen molar-refractivity contribution in [3.05, 3.63) is 41.3 Å². The second kappa shape index (κ2) is 4.17. The Morgan fingerprint density at radius 2 is 2.11 bits per heavy atom. The lowest BCUT2D eigenvalue weighted by atomic mass is 10.2. The average Bonchev–Trinajstić information content (AvgIpc) is 3.11. The zero-order valence-corrected chi connectivity index (χ0v) is 10.3. The highest BCUT2D eigenvalue weighted by Gasteiger charge is 2.41. The van der Waals surface area contributed by atoms with E-state index in [0.29, 0.717) is 16.4 Å². The Labute approximate surface area is 109 Å². The second-order valence-corrected chi connectivity index (χ2v) is 4.80. The van der Waals surface area contributed by atoms with E-state index in [1.807, 2.05) is 0 Å². The number of carbonyl (C=O) groups is 1. The fraction of sp³-hybridized carbons (Fsp3) is 0.231. The zero-order valence-electron chi connectivity index (χ0n) is 9.52. The van der Waals surface area contributed by atoms with Crippen LogP contribution in [0.4, 0.5) is 4.39 Å². The van der Waals surface area contributed by atoms with Gasteiger partial charge in [-0.1, -0.05) is 18.2 Å². The van der Waals surface area contributed by atoms with Gasteiger partial charge in [-0.15, -0.1) is 0 Å². The first kappa shape index (κ1) is 11.3. The molecular formula is C13H11FN2OS. The van der Waals surface area contributed by atoms with E-state index < -0.39 is 0 Å². The first-order chi connectivity index (χ1) is 8.66. The summed E-state index contributed by atoms with van der Waals surface area (Å²) in [4.78, 5) is 13.7. The predicted molar refractivity (Wildman–Crippen MR) is 70.0 cm³/mol. The molecule has 3 nitrogen and oxygen atoms in total. The van der Waals surface area contributed by atoms with E-state index in [4.69, 9.17) is 12.2 Å². The molecule has 1 aromatic rings. The average molecular weight is 262 g/mol. The van der Waals surface area contributed by atoms with Crippen molar-refractivity contribution in [3.8, 4) is 0 Å². The molecule has 0 bridgehead atoms. The molecule has 5 heteroatoms. The largest absolute Gasteiger partial charge is 0.328 e. The highest BCUT2D eigenvalue weighted by atomic mass is 32.1. The summed E-state index contributed by atoms with van der Waals surface area (Å²) >= 11 is 5.12. The highest BCUT2D eigenvalue weighted by Crippen LogP contribution is 2.31. The summed E-state index contributed by atoms with van der Waals surface area (Å²) in [5.41, 5.74) is 0.728. The molecule has 0 aromatic heterocycles. The minimum Gasteiger partial charge on any atom is -0.328 e. The van der Waals surface area contributed by atoms with Crippen LogP contribution in [-0.4, -0.2) is 22.0 Å². The number of nitrogens with zero attached hydrogens (tertiary/aromatic N) is 1. The van der Waals surface area contributed by atoms with Crippen LogP contribution in [0.25, 0.3) is 6.08 Å². The molecule has 92 valence electrons. The molecule has 2 fully saturated rings. The summed E-state index contributed by atoms with van der Waals surface area (Å²) < 4.78 is 13.5. The van der Waals surface area contributed by atoms with Crippen LogP contribution in [0.3, 0.4) is 0 Å². The van der Waals surface area contributed by atoms with Gasteiger partial charge in [-0.3, -0.25) is 9.69 Å². The quantitative estimate of drug-likeness (QED) is 0.654. The molecule has 0 unspecified atom stereocenters. The lowest BCUT2D eigenvalue weighted by Crippen LogP contribution is -2.32. The smallest absolute Gasteiger partial charge is 0.276 e. The highest BCUT2D eigenvalue weighted by molar-refractivity contribution is 7.80. The summed E-state index contributed by atoms with van der Waals surface area (Å²) in [6.45, 7) is 0. The summed E-state index contributed by atoms with van der Waals surface area (Å²) in [6.07, 6.45) is 3.48. The van der Waals surface area contributed by atoms with E-state index in [1.165, 1.54) is 12.1 Å². The lowest BCUT2D eigenvalue weighted by Gasteiger charge is -2.11. The van der Waals surface area contributed by atoms with Crippen molar-refractivity contribution in [2.24, 2.45) is 0 Å². The summed E-state index contributed by atoms with van der Waals surface area (Å²) in [5, 5.41) is 3.27. The summed E-state index contributed by atoms with van der Waals surface area (Å²) in [6, 6.07) is 6.56. The van der Waals surface area contributed by atoms with E-state index in [1.54, 1.807) is 23.1 Å². The maximum Gasteiger partial charge on any atom is 0.276 e. The van der Waals surface area contributed by atoms with E-state index >= 15 is 0 Å². The Morgan fingerprint density at radius 3 is 2.78 bits per heavy atom. The predicted octanol–water partition coefficient (Wildman–Crippen LogP) is 2.05. The normalized spacial score (nSPS) is 21.6. The van der Waals surface area contributed by atoms with Gasteiger partial charge in [-0.25, -0.2) is 4.39 Å². The van der Waals surface area contributed by atoms with Gasteiger partial charge < -0.3 is 5.32 Å². The van der Waals surface area contributed by atoms with Crippen LogP contribution in [0.15, 0.2) is 30.0 Å². The van der Waals surface area contributed by atoms with Crippen molar-refractivity contribution in [1.29, 1.82) is 0 Å². The van der Waals surface area contributed by atoms with Crippen molar-refractivity contribution >= 4 is 29.3 Å². The van der Waals surface area contributed by atoms with Gasteiger partial charge in [0.1, 0.15) is 11.5 Å². The van der Waals surface area contributed by atoms with E-state index in [2.05, 4.69) is 5.32 Å². The molecule has 0 radical (unpaired) electrons. The number of nitrogens with one attached hydrogen (secondary N) is 1. The Balaban J connectivity index is 1.92. The minimum absolute atomic E-state index is 0.161. The van der Waals surface area contributed by atoms with E-state index in [9.17, 15) is 9.18 Å². The molecule has 0 spiro atoms. The van der Waals surface area contributed by atoms with Crippen LogP contribution in [0.5, 0.6) is 0 Å². The number of halogens is 1. The summed E-state index contributed by atoms with van der Waals surface area (Å²) in [5.74, 6) is -0.513. The second-order valence-electron chi connectivity index (χ2n) is 4.42. The monoisotopic (exact) mass is 262 g/mol.